The molecule has 0 spiro atoms. The Morgan fingerprint density at radius 1 is 0.893 bits per heavy atom. The summed E-state index contributed by atoms with van der Waals surface area (Å²) >= 11 is 0. The summed E-state index contributed by atoms with van der Waals surface area (Å²) < 4.78 is 5.46. The van der Waals surface area contributed by atoms with E-state index in [4.69, 9.17) is 15.6 Å². The number of carboxylic acids is 1. The van der Waals surface area contributed by atoms with E-state index in [-0.39, 0.29) is 29.3 Å². The predicted octanol–water partition coefficient (Wildman–Crippen LogP) is 3.64. The Labute approximate surface area is 160 Å². The Balaban J connectivity index is 1.60. The van der Waals surface area contributed by atoms with Gasteiger partial charge in [-0.2, -0.15) is 0 Å². The number of hydrogen-bond donors (Lipinski definition) is 3. The molecule has 0 fully saturated rings. The molecule has 0 bridgehead atoms. The number of aromatic carboxylic acids is 1. The number of nitrogens with two attached hydrogens (primary N) is 1. The Morgan fingerprint density at radius 2 is 1.43 bits per heavy atom. The molecule has 0 saturated carbocycles. The molecule has 0 atom stereocenters. The van der Waals surface area contributed by atoms with Crippen LogP contribution in [0.4, 0.5) is 5.69 Å². The number of phenols is 1. The molecule has 0 amide bonds. The van der Waals surface area contributed by atoms with Crippen LogP contribution in [-0.2, 0) is 4.74 Å². The van der Waals surface area contributed by atoms with Crippen LogP contribution in [0.5, 0.6) is 5.75 Å². The maximum absolute atomic E-state index is 12.5. The lowest BCUT2D eigenvalue weighted by atomic mass is 9.98. The lowest BCUT2D eigenvalue weighted by molar-refractivity contribution is 0.0489. The maximum Gasteiger partial charge on any atom is 0.342 e. The van der Waals surface area contributed by atoms with E-state index in [1.807, 2.05) is 48.5 Å². The second-order valence-electron chi connectivity index (χ2n) is 6.55. The van der Waals surface area contributed by atoms with Gasteiger partial charge in [-0.3, -0.25) is 0 Å². The summed E-state index contributed by atoms with van der Waals surface area (Å²) in [6, 6.07) is 18.3. The van der Waals surface area contributed by atoms with Gasteiger partial charge in [-0.15, -0.1) is 0 Å². The zero-order chi connectivity index (χ0) is 19.8. The SMILES string of the molecule is Nc1c(C(=O)O)ccc(C(=O)OCC2c3ccccc3-c3ccccc32)c1O. The highest BCUT2D eigenvalue weighted by molar-refractivity contribution is 6.01. The van der Waals surface area contributed by atoms with E-state index in [0.717, 1.165) is 22.3 Å². The number of aromatic hydroxyl groups is 1. The normalized spacial score (nSPS) is 12.3. The molecular formula is C22H17NO5. The van der Waals surface area contributed by atoms with Crippen molar-refractivity contribution in [3.8, 4) is 16.9 Å². The smallest absolute Gasteiger partial charge is 0.342 e. The summed E-state index contributed by atoms with van der Waals surface area (Å²) in [6.45, 7) is 0.0902. The van der Waals surface area contributed by atoms with Crippen LogP contribution < -0.4 is 5.73 Å². The van der Waals surface area contributed by atoms with Crippen molar-refractivity contribution in [2.75, 3.05) is 12.3 Å². The van der Waals surface area contributed by atoms with E-state index in [1.54, 1.807) is 0 Å². The number of carbonyl (C=O) groups is 2. The lowest BCUT2D eigenvalue weighted by Crippen LogP contribution is -2.14. The third kappa shape index (κ3) is 2.75. The van der Waals surface area contributed by atoms with Crippen molar-refractivity contribution in [3.05, 3.63) is 82.9 Å². The number of benzene rings is 3. The Kier molecular flexibility index (Phi) is 4.24. The first-order valence-electron chi connectivity index (χ1n) is 8.69. The van der Waals surface area contributed by atoms with Crippen LogP contribution in [0.3, 0.4) is 0 Å². The van der Waals surface area contributed by atoms with Gasteiger partial charge in [-0.25, -0.2) is 9.59 Å². The molecule has 0 heterocycles. The van der Waals surface area contributed by atoms with E-state index in [2.05, 4.69) is 0 Å². The number of phenolic OH excluding ortho intramolecular Hbond substituents is 1. The van der Waals surface area contributed by atoms with E-state index < -0.39 is 17.7 Å². The van der Waals surface area contributed by atoms with E-state index in [1.165, 1.54) is 12.1 Å². The molecule has 0 saturated heterocycles. The standard InChI is InChI=1S/C22H17NO5/c23-19-16(21(25)26)9-10-17(20(19)24)22(27)28-11-18-14-7-3-1-5-12(14)13-6-2-4-8-15(13)18/h1-10,18,24H,11,23H2,(H,25,26). The molecule has 0 unspecified atom stereocenters. The van der Waals surface area contributed by atoms with Gasteiger partial charge in [0.05, 0.1) is 11.3 Å². The fourth-order valence-corrected chi connectivity index (χ4v) is 3.64. The first-order valence-corrected chi connectivity index (χ1v) is 8.69. The van der Waals surface area contributed by atoms with E-state index in [0.29, 0.717) is 0 Å². The number of esters is 1. The zero-order valence-corrected chi connectivity index (χ0v) is 14.8. The molecule has 1 aliphatic carbocycles. The number of rotatable bonds is 4. The highest BCUT2D eigenvalue weighted by Gasteiger charge is 2.29. The molecule has 0 radical (unpaired) electrons. The quantitative estimate of drug-likeness (QED) is 0.365. The van der Waals surface area contributed by atoms with Gasteiger partial charge >= 0.3 is 11.9 Å². The Hall–Kier alpha value is -3.80. The molecule has 3 aromatic rings. The molecule has 6 nitrogen and oxygen atoms in total. The molecule has 1 aliphatic rings. The van der Waals surface area contributed by atoms with Gasteiger partial charge < -0.3 is 20.7 Å². The molecule has 3 aromatic carbocycles. The fourth-order valence-electron chi connectivity index (χ4n) is 3.64. The second-order valence-corrected chi connectivity index (χ2v) is 6.55. The average Bonchev–Trinajstić information content (AvgIpc) is 3.02. The predicted molar refractivity (Wildman–Crippen MR) is 103 cm³/mol. The van der Waals surface area contributed by atoms with Crippen LogP contribution in [0.25, 0.3) is 11.1 Å². The molecule has 28 heavy (non-hydrogen) atoms. The Bertz CT molecular complexity index is 1060. The minimum atomic E-state index is -1.29. The highest BCUT2D eigenvalue weighted by Crippen LogP contribution is 2.44. The lowest BCUT2D eigenvalue weighted by Gasteiger charge is -2.15. The number of carboxylic acid groups (broad SMARTS) is 1. The molecule has 0 aromatic heterocycles. The van der Waals surface area contributed by atoms with Crippen LogP contribution in [0.15, 0.2) is 60.7 Å². The number of carbonyl (C=O) groups excluding carboxylic acids is 1. The van der Waals surface area contributed by atoms with Crippen LogP contribution in [-0.4, -0.2) is 28.8 Å². The minimum Gasteiger partial charge on any atom is -0.505 e. The van der Waals surface area contributed by atoms with Crippen LogP contribution in [0.2, 0.25) is 0 Å². The summed E-state index contributed by atoms with van der Waals surface area (Å²) in [5.74, 6) is -2.75. The zero-order valence-electron chi connectivity index (χ0n) is 14.8. The van der Waals surface area contributed by atoms with E-state index >= 15 is 0 Å². The number of anilines is 1. The van der Waals surface area contributed by atoms with Gasteiger partial charge in [0, 0.05) is 5.92 Å². The molecule has 6 heteroatoms. The van der Waals surface area contributed by atoms with Crippen molar-refractivity contribution in [2.45, 2.75) is 5.92 Å². The number of fused-ring (bicyclic) bond motifs is 3. The first-order chi connectivity index (χ1) is 13.5. The first kappa shape index (κ1) is 17.6. The number of nitrogen functional groups attached to an aromatic ring is 1. The van der Waals surface area contributed by atoms with Gasteiger partial charge in [-0.1, -0.05) is 48.5 Å². The van der Waals surface area contributed by atoms with Crippen molar-refractivity contribution >= 4 is 17.6 Å². The molecule has 4 rings (SSSR count). The highest BCUT2D eigenvalue weighted by atomic mass is 16.5. The summed E-state index contributed by atoms with van der Waals surface area (Å²) in [5, 5.41) is 19.2. The molecule has 140 valence electrons. The molecular weight excluding hydrogens is 358 g/mol. The van der Waals surface area contributed by atoms with Crippen LogP contribution in [0.1, 0.15) is 37.8 Å². The number of ether oxygens (including phenoxy) is 1. The van der Waals surface area contributed by atoms with Crippen LogP contribution in [0, 0.1) is 0 Å². The van der Waals surface area contributed by atoms with Gasteiger partial charge in [0.25, 0.3) is 0 Å². The molecule has 0 aliphatic heterocycles. The van der Waals surface area contributed by atoms with Crippen molar-refractivity contribution < 1.29 is 24.5 Å². The molecule has 4 N–H and O–H groups in total. The number of hydrogen-bond acceptors (Lipinski definition) is 5. The van der Waals surface area contributed by atoms with Gasteiger partial charge in [0.2, 0.25) is 0 Å². The van der Waals surface area contributed by atoms with Crippen molar-refractivity contribution in [3.63, 3.8) is 0 Å². The summed E-state index contributed by atoms with van der Waals surface area (Å²) in [4.78, 5) is 23.6. The third-order valence-corrected chi connectivity index (χ3v) is 5.01. The van der Waals surface area contributed by atoms with Crippen molar-refractivity contribution in [2.24, 2.45) is 0 Å². The second kappa shape index (κ2) is 6.74. The topological polar surface area (TPSA) is 110 Å². The monoisotopic (exact) mass is 375 g/mol. The summed E-state index contributed by atoms with van der Waals surface area (Å²) in [7, 11) is 0. The fraction of sp³-hybridized carbons (Fsp3) is 0.0909. The van der Waals surface area contributed by atoms with Crippen molar-refractivity contribution in [1.82, 2.24) is 0 Å². The van der Waals surface area contributed by atoms with Gasteiger partial charge in [0.1, 0.15) is 12.2 Å². The average molecular weight is 375 g/mol. The summed E-state index contributed by atoms with van der Waals surface area (Å²) in [6.07, 6.45) is 0. The van der Waals surface area contributed by atoms with Crippen molar-refractivity contribution in [1.29, 1.82) is 0 Å². The maximum atomic E-state index is 12.5. The van der Waals surface area contributed by atoms with E-state index in [9.17, 15) is 14.7 Å². The van der Waals surface area contributed by atoms with Gasteiger partial charge in [0.15, 0.2) is 5.75 Å². The Morgan fingerprint density at radius 3 is 2.00 bits per heavy atom. The van der Waals surface area contributed by atoms with Gasteiger partial charge in [-0.05, 0) is 34.4 Å². The minimum absolute atomic E-state index is 0.0902. The summed E-state index contributed by atoms with van der Waals surface area (Å²) in [5.41, 5.74) is 9.19. The van der Waals surface area contributed by atoms with Crippen LogP contribution >= 0.6 is 0 Å². The largest absolute Gasteiger partial charge is 0.505 e. The third-order valence-electron chi connectivity index (χ3n) is 5.01.